The van der Waals surface area contributed by atoms with Gasteiger partial charge in [0.15, 0.2) is 0 Å². The normalized spacial score (nSPS) is 22.1. The van der Waals surface area contributed by atoms with Gasteiger partial charge < -0.3 is 16.4 Å². The number of rotatable bonds is 0. The fraction of sp³-hybridized carbons (Fsp3) is 0.333. The van der Waals surface area contributed by atoms with Crippen molar-refractivity contribution in [2.75, 3.05) is 16.4 Å². The lowest BCUT2D eigenvalue weighted by molar-refractivity contribution is 0.664. The number of nitrogens with two attached hydrogens (primary N) is 1. The van der Waals surface area contributed by atoms with E-state index in [1.807, 2.05) is 12.1 Å². The molecule has 3 rings (SSSR count). The van der Waals surface area contributed by atoms with Crippen molar-refractivity contribution in [3.05, 3.63) is 22.5 Å². The second-order valence-electron chi connectivity index (χ2n) is 4.73. The molecule has 1 aliphatic rings. The van der Waals surface area contributed by atoms with Gasteiger partial charge in [0, 0.05) is 12.1 Å². The quantitative estimate of drug-likeness (QED) is 0.558. The molecule has 0 saturated carbocycles. The van der Waals surface area contributed by atoms with Gasteiger partial charge in [-0.2, -0.15) is 0 Å². The number of aromatic amines is 1. The van der Waals surface area contributed by atoms with Crippen LogP contribution in [0.2, 0.25) is 0 Å². The van der Waals surface area contributed by atoms with Crippen LogP contribution in [0.25, 0.3) is 10.9 Å². The Hall–Kier alpha value is -2.24. The summed E-state index contributed by atoms with van der Waals surface area (Å²) < 4.78 is 0. The van der Waals surface area contributed by atoms with Gasteiger partial charge in [-0.1, -0.05) is 0 Å². The van der Waals surface area contributed by atoms with Crippen molar-refractivity contribution >= 4 is 28.2 Å². The molecule has 0 aliphatic carbocycles. The number of anilines is 3. The number of benzene rings is 1. The Kier molecular flexibility index (Phi) is 2.19. The Labute approximate surface area is 104 Å². The topological polar surface area (TPSA) is 95.8 Å². The van der Waals surface area contributed by atoms with Gasteiger partial charge in [0.05, 0.1) is 22.3 Å². The Bertz CT molecular complexity index is 678. The van der Waals surface area contributed by atoms with Gasteiger partial charge >= 0.3 is 0 Å². The Morgan fingerprint density at radius 3 is 2.44 bits per heavy atom. The van der Waals surface area contributed by atoms with Crippen LogP contribution in [-0.4, -0.2) is 22.1 Å². The molecule has 94 valence electrons. The Morgan fingerprint density at radius 1 is 1.17 bits per heavy atom. The lowest BCUT2D eigenvalue weighted by atomic mass is 10.1. The van der Waals surface area contributed by atoms with Gasteiger partial charge in [-0.15, -0.1) is 0 Å². The minimum atomic E-state index is -0.214. The van der Waals surface area contributed by atoms with Crippen molar-refractivity contribution < 1.29 is 0 Å². The summed E-state index contributed by atoms with van der Waals surface area (Å²) >= 11 is 0. The number of fused-ring (bicyclic) bond motifs is 2. The van der Waals surface area contributed by atoms with Crippen molar-refractivity contribution in [3.63, 3.8) is 0 Å². The smallest absolute Gasteiger partial charge is 0.260 e. The van der Waals surface area contributed by atoms with Gasteiger partial charge in [-0.05, 0) is 26.0 Å². The molecule has 0 saturated heterocycles. The van der Waals surface area contributed by atoms with Crippen LogP contribution in [0.1, 0.15) is 13.8 Å². The summed E-state index contributed by atoms with van der Waals surface area (Å²) in [5.74, 6) is 0.137. The molecule has 2 aromatic rings. The first-order valence-corrected chi connectivity index (χ1v) is 5.91. The molecule has 0 fully saturated rings. The number of hydrogen-bond acceptors (Lipinski definition) is 5. The summed E-state index contributed by atoms with van der Waals surface area (Å²) in [5.41, 5.74) is 7.81. The molecule has 18 heavy (non-hydrogen) atoms. The van der Waals surface area contributed by atoms with E-state index in [0.29, 0.717) is 23.0 Å². The molecule has 0 spiro atoms. The largest absolute Gasteiger partial charge is 0.379 e. The van der Waals surface area contributed by atoms with Crippen LogP contribution in [0.5, 0.6) is 0 Å². The predicted octanol–water partition coefficient (Wildman–Crippen LogP) is 1.12. The first-order valence-electron chi connectivity index (χ1n) is 5.91. The third kappa shape index (κ3) is 1.57. The molecule has 6 heteroatoms. The van der Waals surface area contributed by atoms with Crippen LogP contribution in [0.15, 0.2) is 16.9 Å². The Morgan fingerprint density at radius 2 is 1.78 bits per heavy atom. The highest BCUT2D eigenvalue weighted by Crippen LogP contribution is 2.31. The third-order valence-electron chi connectivity index (χ3n) is 3.38. The van der Waals surface area contributed by atoms with Gasteiger partial charge in [0.2, 0.25) is 5.95 Å². The average Bonchev–Trinajstić information content (AvgIpc) is 2.29. The van der Waals surface area contributed by atoms with Crippen molar-refractivity contribution in [1.29, 1.82) is 0 Å². The summed E-state index contributed by atoms with van der Waals surface area (Å²) in [6.07, 6.45) is 0. The lowest BCUT2D eigenvalue weighted by Crippen LogP contribution is -2.38. The van der Waals surface area contributed by atoms with E-state index in [1.165, 1.54) is 0 Å². The number of H-pyrrole nitrogens is 1. The first-order chi connectivity index (χ1) is 8.54. The van der Waals surface area contributed by atoms with Crippen LogP contribution in [0, 0.1) is 0 Å². The molecule has 2 unspecified atom stereocenters. The van der Waals surface area contributed by atoms with Crippen LogP contribution >= 0.6 is 0 Å². The SMILES string of the molecule is CC1Nc2cc3nc(N)[nH]c(=O)c3cc2NC1C. The molecule has 5 N–H and O–H groups in total. The van der Waals surface area contributed by atoms with Crippen LogP contribution < -0.4 is 21.9 Å². The van der Waals surface area contributed by atoms with E-state index in [2.05, 4.69) is 34.4 Å². The zero-order valence-electron chi connectivity index (χ0n) is 10.2. The van der Waals surface area contributed by atoms with Gasteiger partial charge in [0.1, 0.15) is 0 Å². The van der Waals surface area contributed by atoms with E-state index < -0.39 is 0 Å². The first kappa shape index (κ1) is 10.9. The lowest BCUT2D eigenvalue weighted by Gasteiger charge is -2.32. The minimum absolute atomic E-state index is 0.137. The van der Waals surface area contributed by atoms with Gasteiger partial charge in [-0.3, -0.25) is 9.78 Å². The maximum atomic E-state index is 11.8. The number of aromatic nitrogens is 2. The average molecular weight is 245 g/mol. The standard InChI is InChI=1S/C12H15N5O/c1-5-6(2)15-10-4-8-7(3-9(10)14-5)11(18)17-12(13)16-8/h3-6,14-15H,1-2H3,(H3,13,16,17,18). The van der Waals surface area contributed by atoms with E-state index in [1.54, 1.807) is 0 Å². The van der Waals surface area contributed by atoms with Crippen LogP contribution in [0.4, 0.5) is 17.3 Å². The molecule has 1 aromatic carbocycles. The van der Waals surface area contributed by atoms with E-state index in [-0.39, 0.29) is 11.5 Å². The number of nitrogens with zero attached hydrogens (tertiary/aromatic N) is 1. The third-order valence-corrected chi connectivity index (χ3v) is 3.38. The molecule has 1 aromatic heterocycles. The fourth-order valence-electron chi connectivity index (χ4n) is 2.18. The van der Waals surface area contributed by atoms with E-state index in [4.69, 9.17) is 5.73 Å². The molecule has 2 heterocycles. The van der Waals surface area contributed by atoms with Crippen molar-refractivity contribution in [2.24, 2.45) is 0 Å². The second kappa shape index (κ2) is 3.63. The van der Waals surface area contributed by atoms with Crippen molar-refractivity contribution in [2.45, 2.75) is 25.9 Å². The van der Waals surface area contributed by atoms with Crippen LogP contribution in [-0.2, 0) is 0 Å². The molecule has 1 aliphatic heterocycles. The number of hydrogen-bond donors (Lipinski definition) is 4. The van der Waals surface area contributed by atoms with Crippen molar-refractivity contribution in [1.82, 2.24) is 9.97 Å². The molecular weight excluding hydrogens is 230 g/mol. The molecule has 0 amide bonds. The molecule has 0 bridgehead atoms. The van der Waals surface area contributed by atoms with Gasteiger partial charge in [-0.25, -0.2) is 4.98 Å². The van der Waals surface area contributed by atoms with Gasteiger partial charge in [0.25, 0.3) is 5.56 Å². The molecule has 0 radical (unpaired) electrons. The Balaban J connectivity index is 2.25. The zero-order chi connectivity index (χ0) is 12.9. The maximum Gasteiger partial charge on any atom is 0.260 e. The monoisotopic (exact) mass is 245 g/mol. The molecule has 2 atom stereocenters. The number of nitrogens with one attached hydrogen (secondary N) is 3. The molecule has 6 nitrogen and oxygen atoms in total. The second-order valence-corrected chi connectivity index (χ2v) is 4.73. The highest BCUT2D eigenvalue weighted by atomic mass is 16.1. The number of nitrogen functional groups attached to an aromatic ring is 1. The van der Waals surface area contributed by atoms with Crippen molar-refractivity contribution in [3.8, 4) is 0 Å². The molecular formula is C12H15N5O. The van der Waals surface area contributed by atoms with E-state index in [0.717, 1.165) is 11.4 Å². The fourth-order valence-corrected chi connectivity index (χ4v) is 2.18. The summed E-state index contributed by atoms with van der Waals surface area (Å²) in [6.45, 7) is 4.20. The zero-order valence-corrected chi connectivity index (χ0v) is 10.2. The van der Waals surface area contributed by atoms with E-state index >= 15 is 0 Å². The maximum absolute atomic E-state index is 11.8. The summed E-state index contributed by atoms with van der Waals surface area (Å²) in [7, 11) is 0. The highest BCUT2D eigenvalue weighted by molar-refractivity contribution is 5.90. The summed E-state index contributed by atoms with van der Waals surface area (Å²) in [4.78, 5) is 18.5. The van der Waals surface area contributed by atoms with E-state index in [9.17, 15) is 4.79 Å². The minimum Gasteiger partial charge on any atom is -0.379 e. The predicted molar refractivity (Wildman–Crippen MR) is 72.9 cm³/mol. The summed E-state index contributed by atoms with van der Waals surface area (Å²) in [6, 6.07) is 4.28. The summed E-state index contributed by atoms with van der Waals surface area (Å²) in [5, 5.41) is 7.30. The highest BCUT2D eigenvalue weighted by Gasteiger charge is 2.21. The van der Waals surface area contributed by atoms with Crippen LogP contribution in [0.3, 0.4) is 0 Å².